The van der Waals surface area contributed by atoms with Crippen molar-refractivity contribution in [1.82, 2.24) is 14.9 Å². The van der Waals surface area contributed by atoms with Gasteiger partial charge < -0.3 is 5.11 Å². The minimum absolute atomic E-state index is 0.0526. The molecule has 3 atom stereocenters. The van der Waals surface area contributed by atoms with Crippen molar-refractivity contribution in [2.45, 2.75) is 46.8 Å². The summed E-state index contributed by atoms with van der Waals surface area (Å²) in [5, 5.41) is 18.8. The van der Waals surface area contributed by atoms with Crippen molar-refractivity contribution in [3.63, 3.8) is 0 Å². The van der Waals surface area contributed by atoms with Crippen LogP contribution in [-0.2, 0) is 0 Å². The lowest BCUT2D eigenvalue weighted by molar-refractivity contribution is -0.0457. The van der Waals surface area contributed by atoms with Gasteiger partial charge in [0.05, 0.1) is 17.5 Å². The van der Waals surface area contributed by atoms with Gasteiger partial charge in [0.25, 0.3) is 0 Å². The molecule has 1 aliphatic carbocycles. The number of rotatable bonds is 9. The molecule has 0 amide bonds. The normalized spacial score (nSPS) is 23.2. The zero-order valence-corrected chi connectivity index (χ0v) is 21.2. The molecule has 35 heavy (non-hydrogen) atoms. The molecule has 0 radical (unpaired) electrons. The Hall–Kier alpha value is -2.84. The van der Waals surface area contributed by atoms with Crippen molar-refractivity contribution in [1.29, 1.82) is 0 Å². The summed E-state index contributed by atoms with van der Waals surface area (Å²) in [5.41, 5.74) is 0.787. The van der Waals surface area contributed by atoms with Gasteiger partial charge in [0.15, 0.2) is 6.23 Å². The highest BCUT2D eigenvalue weighted by Crippen LogP contribution is 2.58. The van der Waals surface area contributed by atoms with Gasteiger partial charge in [0, 0.05) is 26.0 Å². The number of nitrogens with zero attached hydrogens (tertiary/aromatic N) is 5. The molecule has 1 aromatic carbocycles. The molecule has 0 bridgehead atoms. The number of allylic oxidation sites excluding steroid dienone is 2. The Balaban J connectivity index is 1.87. The predicted octanol–water partition coefficient (Wildman–Crippen LogP) is 6.19. The molecule has 0 aliphatic heterocycles. The number of aliphatic hydroxyl groups is 1. The van der Waals surface area contributed by atoms with E-state index in [1.807, 2.05) is 11.8 Å². The lowest BCUT2D eigenvalue weighted by Crippen LogP contribution is -2.45. The van der Waals surface area contributed by atoms with Crippen molar-refractivity contribution in [2.75, 3.05) is 20.1 Å². The summed E-state index contributed by atoms with van der Waals surface area (Å²) in [7, 11) is 1.47. The zero-order valence-electron chi connectivity index (χ0n) is 21.2. The van der Waals surface area contributed by atoms with E-state index < -0.39 is 17.9 Å². The van der Waals surface area contributed by atoms with Crippen molar-refractivity contribution >= 4 is 5.70 Å². The van der Waals surface area contributed by atoms with Gasteiger partial charge >= 0.3 is 0 Å². The molecule has 1 fully saturated rings. The Morgan fingerprint density at radius 1 is 1.29 bits per heavy atom. The van der Waals surface area contributed by atoms with Crippen LogP contribution in [0.4, 0.5) is 8.78 Å². The fourth-order valence-corrected chi connectivity index (χ4v) is 5.23. The average Bonchev–Trinajstić information content (AvgIpc) is 3.06. The summed E-state index contributed by atoms with van der Waals surface area (Å²) < 4.78 is 28.9. The van der Waals surface area contributed by atoms with Crippen molar-refractivity contribution < 1.29 is 13.9 Å². The Morgan fingerprint density at radius 2 is 1.97 bits per heavy atom. The summed E-state index contributed by atoms with van der Waals surface area (Å²) in [6, 6.07) is 3.74. The number of benzene rings is 1. The topological polar surface area (TPSA) is 74.0 Å². The summed E-state index contributed by atoms with van der Waals surface area (Å²) >= 11 is 0. The molecule has 1 unspecified atom stereocenters. The van der Waals surface area contributed by atoms with E-state index in [2.05, 4.69) is 47.5 Å². The Bertz CT molecular complexity index is 1080. The molecule has 1 heterocycles. The molecular formula is C27H35F2N5O. The Morgan fingerprint density at radius 3 is 2.54 bits per heavy atom. The van der Waals surface area contributed by atoms with Gasteiger partial charge in [-0.1, -0.05) is 40.3 Å². The standard InChI is InChI=1S/C27H35F2N5O/c1-7-34(25(35)23-16-31-13-14-32-23)17-27(5)12-11-19(26(27,3)4)18(2)15-22(33-30-6)24-20(28)9-8-10-21(24)29/h8-10,13-16,19,25,35H,2,7,11-12,17H2,1,3-6H3/b22-15-,33-30?/t19-,25?,27-/m0/s1. The van der Waals surface area contributed by atoms with Gasteiger partial charge in [-0.3, -0.25) is 14.9 Å². The average molecular weight is 484 g/mol. The van der Waals surface area contributed by atoms with Gasteiger partial charge in [-0.15, -0.1) is 0 Å². The van der Waals surface area contributed by atoms with Gasteiger partial charge in [-0.2, -0.15) is 10.2 Å². The first-order valence-corrected chi connectivity index (χ1v) is 11.9. The van der Waals surface area contributed by atoms with Crippen LogP contribution in [0.15, 0.2) is 65.2 Å². The van der Waals surface area contributed by atoms with Crippen LogP contribution in [0.25, 0.3) is 5.70 Å². The van der Waals surface area contributed by atoms with E-state index >= 15 is 0 Å². The van der Waals surface area contributed by atoms with Crippen LogP contribution < -0.4 is 0 Å². The van der Waals surface area contributed by atoms with Crippen molar-refractivity contribution in [3.05, 3.63) is 77.9 Å². The van der Waals surface area contributed by atoms with Crippen LogP contribution in [0.3, 0.4) is 0 Å². The summed E-state index contributed by atoms with van der Waals surface area (Å²) in [5.74, 6) is -1.33. The quantitative estimate of drug-likeness (QED) is 0.262. The fourth-order valence-electron chi connectivity index (χ4n) is 5.23. The second-order valence-electron chi connectivity index (χ2n) is 9.94. The number of azo groups is 1. The first-order valence-electron chi connectivity index (χ1n) is 11.9. The lowest BCUT2D eigenvalue weighted by Gasteiger charge is -2.45. The van der Waals surface area contributed by atoms with Gasteiger partial charge in [0.1, 0.15) is 17.3 Å². The highest BCUT2D eigenvalue weighted by atomic mass is 19.1. The lowest BCUT2D eigenvalue weighted by atomic mass is 9.64. The first kappa shape index (κ1) is 26.8. The molecule has 2 aromatic rings. The summed E-state index contributed by atoms with van der Waals surface area (Å²) in [4.78, 5) is 10.3. The monoisotopic (exact) mass is 483 g/mol. The minimum atomic E-state index is -0.857. The van der Waals surface area contributed by atoms with Crippen LogP contribution >= 0.6 is 0 Å². The van der Waals surface area contributed by atoms with E-state index in [0.29, 0.717) is 18.8 Å². The van der Waals surface area contributed by atoms with Crippen molar-refractivity contribution in [2.24, 2.45) is 27.0 Å². The smallest absolute Gasteiger partial charge is 0.152 e. The molecule has 8 heteroatoms. The maximum Gasteiger partial charge on any atom is 0.152 e. The molecule has 1 N–H and O–H groups in total. The second kappa shape index (κ2) is 10.8. The molecule has 0 saturated heterocycles. The maximum atomic E-state index is 14.5. The summed E-state index contributed by atoms with van der Waals surface area (Å²) in [6.45, 7) is 14.2. The SMILES string of the molecule is C=C(/C=C(\N=NC)c1c(F)cccc1F)[C@@H]1CC[C@@](C)(CN(CC)C(O)c2cnccn2)C1(C)C. The number of aromatic nitrogens is 2. The number of hydrogen-bond acceptors (Lipinski definition) is 6. The van der Waals surface area contributed by atoms with Crippen LogP contribution in [0.2, 0.25) is 0 Å². The van der Waals surface area contributed by atoms with Crippen LogP contribution in [0.1, 0.15) is 58.0 Å². The van der Waals surface area contributed by atoms with Gasteiger partial charge in [0.2, 0.25) is 0 Å². The van der Waals surface area contributed by atoms with E-state index in [4.69, 9.17) is 0 Å². The fraction of sp³-hybridized carbons (Fsp3) is 0.481. The minimum Gasteiger partial charge on any atom is -0.372 e. The molecule has 1 saturated carbocycles. The highest BCUT2D eigenvalue weighted by Gasteiger charge is 2.52. The predicted molar refractivity (Wildman–Crippen MR) is 133 cm³/mol. The van der Waals surface area contributed by atoms with Crippen LogP contribution in [0, 0.1) is 28.4 Å². The van der Waals surface area contributed by atoms with E-state index in [1.54, 1.807) is 24.7 Å². The number of aliphatic hydroxyl groups excluding tert-OH is 1. The van der Waals surface area contributed by atoms with Gasteiger partial charge in [-0.25, -0.2) is 8.78 Å². The first-order chi connectivity index (χ1) is 16.6. The third-order valence-electron chi connectivity index (χ3n) is 7.76. The van der Waals surface area contributed by atoms with Crippen LogP contribution in [-0.4, -0.2) is 40.1 Å². The third kappa shape index (κ3) is 5.38. The Kier molecular flexibility index (Phi) is 8.28. The Labute approximate surface area is 206 Å². The second-order valence-corrected chi connectivity index (χ2v) is 9.94. The number of hydrogen-bond donors (Lipinski definition) is 1. The third-order valence-corrected chi connectivity index (χ3v) is 7.76. The van der Waals surface area contributed by atoms with Crippen LogP contribution in [0.5, 0.6) is 0 Å². The number of halogens is 2. The molecular weight excluding hydrogens is 448 g/mol. The van der Waals surface area contributed by atoms with Crippen molar-refractivity contribution in [3.8, 4) is 0 Å². The molecule has 0 spiro atoms. The molecule has 188 valence electrons. The molecule has 6 nitrogen and oxygen atoms in total. The molecule has 1 aliphatic rings. The zero-order chi connectivity index (χ0) is 25.8. The largest absolute Gasteiger partial charge is 0.372 e. The molecule has 3 rings (SSSR count). The van der Waals surface area contributed by atoms with E-state index in [0.717, 1.165) is 18.4 Å². The highest BCUT2D eigenvalue weighted by molar-refractivity contribution is 5.68. The van der Waals surface area contributed by atoms with E-state index in [-0.39, 0.29) is 28.0 Å². The van der Waals surface area contributed by atoms with E-state index in [9.17, 15) is 13.9 Å². The van der Waals surface area contributed by atoms with E-state index in [1.165, 1.54) is 25.2 Å². The maximum absolute atomic E-state index is 14.5. The molecule has 1 aromatic heterocycles. The summed E-state index contributed by atoms with van der Waals surface area (Å²) in [6.07, 6.45) is 7.29. The van der Waals surface area contributed by atoms with Gasteiger partial charge in [-0.05, 0) is 59.9 Å².